The number of carbonyl (C=O) groups is 1. The van der Waals surface area contributed by atoms with Crippen LogP contribution >= 0.6 is 0 Å². The summed E-state index contributed by atoms with van der Waals surface area (Å²) < 4.78 is 92.5. The predicted molar refractivity (Wildman–Crippen MR) is 137 cm³/mol. The standard InChI is InChI=1S/C29H34F6N2O3/c1-18(20-15-21(28(30,31)32)17-22(16-20)29(33,34)35)39-24-10-9-19-7-5-6-8-23(19)25(24)36-11-13-37(14-12-36)26(38)40-27(2,3)4/h5-8,15-18,24-25H,9-14H2,1-4H3/t18?,24-,25-/m1/s1. The molecule has 220 valence electrons. The molecule has 1 unspecified atom stereocenters. The number of hydrogen-bond donors (Lipinski definition) is 0. The lowest BCUT2D eigenvalue weighted by molar-refractivity contribution is -0.143. The van der Waals surface area contributed by atoms with E-state index in [9.17, 15) is 31.1 Å². The summed E-state index contributed by atoms with van der Waals surface area (Å²) in [6.07, 6.45) is -10.6. The maximum absolute atomic E-state index is 13.5. The quantitative estimate of drug-likeness (QED) is 0.358. The van der Waals surface area contributed by atoms with Gasteiger partial charge in [-0.05, 0) is 75.4 Å². The van der Waals surface area contributed by atoms with Crippen LogP contribution in [0.25, 0.3) is 0 Å². The molecular weight excluding hydrogens is 538 g/mol. The van der Waals surface area contributed by atoms with Crippen LogP contribution in [0.4, 0.5) is 31.1 Å². The van der Waals surface area contributed by atoms with Crippen LogP contribution in [0.15, 0.2) is 42.5 Å². The molecule has 0 spiro atoms. The molecule has 11 heteroatoms. The van der Waals surface area contributed by atoms with Gasteiger partial charge in [-0.2, -0.15) is 26.3 Å². The van der Waals surface area contributed by atoms with Crippen LogP contribution in [0.2, 0.25) is 0 Å². The van der Waals surface area contributed by atoms with Crippen LogP contribution in [0.1, 0.15) is 74.1 Å². The fraction of sp³-hybridized carbons (Fsp3) is 0.552. The highest BCUT2D eigenvalue weighted by Crippen LogP contribution is 2.41. The molecule has 2 aromatic rings. The van der Waals surface area contributed by atoms with Crippen molar-refractivity contribution in [3.05, 3.63) is 70.3 Å². The van der Waals surface area contributed by atoms with Crippen LogP contribution in [0.3, 0.4) is 0 Å². The number of rotatable bonds is 4. The van der Waals surface area contributed by atoms with E-state index in [1.54, 1.807) is 25.7 Å². The Kier molecular flexibility index (Phi) is 8.48. The number of hydrogen-bond acceptors (Lipinski definition) is 4. The number of halogens is 6. The number of piperazine rings is 1. The topological polar surface area (TPSA) is 42.0 Å². The van der Waals surface area contributed by atoms with E-state index in [-0.39, 0.29) is 17.7 Å². The Morgan fingerprint density at radius 3 is 2.02 bits per heavy atom. The Balaban J connectivity index is 1.58. The van der Waals surface area contributed by atoms with Crippen LogP contribution in [0, 0.1) is 0 Å². The first-order chi connectivity index (χ1) is 18.5. The van der Waals surface area contributed by atoms with Gasteiger partial charge >= 0.3 is 18.4 Å². The fourth-order valence-corrected chi connectivity index (χ4v) is 5.34. The third-order valence-electron chi connectivity index (χ3n) is 7.24. The molecule has 3 atom stereocenters. The van der Waals surface area contributed by atoms with E-state index in [1.807, 2.05) is 24.3 Å². The summed E-state index contributed by atoms with van der Waals surface area (Å²) in [6.45, 7) is 8.72. The number of carbonyl (C=O) groups excluding carboxylic acids is 1. The average Bonchev–Trinajstić information content (AvgIpc) is 2.86. The Morgan fingerprint density at radius 1 is 0.900 bits per heavy atom. The van der Waals surface area contributed by atoms with Crippen molar-refractivity contribution in [2.24, 2.45) is 0 Å². The number of amides is 1. The summed E-state index contributed by atoms with van der Waals surface area (Å²) in [6, 6.07) is 9.13. The minimum absolute atomic E-state index is 0.125. The molecule has 1 heterocycles. The lowest BCUT2D eigenvalue weighted by Gasteiger charge is -2.45. The molecule has 1 aliphatic heterocycles. The molecule has 4 rings (SSSR count). The number of alkyl halides is 6. The lowest BCUT2D eigenvalue weighted by atomic mass is 9.84. The van der Waals surface area contributed by atoms with Crippen molar-refractivity contribution >= 4 is 6.09 Å². The van der Waals surface area contributed by atoms with Gasteiger partial charge in [0.25, 0.3) is 0 Å². The van der Waals surface area contributed by atoms with Gasteiger partial charge in [0.05, 0.1) is 29.4 Å². The van der Waals surface area contributed by atoms with Crippen molar-refractivity contribution in [2.75, 3.05) is 26.2 Å². The van der Waals surface area contributed by atoms with E-state index in [4.69, 9.17) is 9.47 Å². The molecule has 5 nitrogen and oxygen atoms in total. The van der Waals surface area contributed by atoms with E-state index in [0.29, 0.717) is 39.0 Å². The van der Waals surface area contributed by atoms with E-state index in [2.05, 4.69) is 4.90 Å². The highest BCUT2D eigenvalue weighted by molar-refractivity contribution is 5.68. The summed E-state index contributed by atoms with van der Waals surface area (Å²) in [4.78, 5) is 16.4. The van der Waals surface area contributed by atoms with Gasteiger partial charge in [-0.1, -0.05) is 24.3 Å². The smallest absolute Gasteiger partial charge is 0.416 e. The van der Waals surface area contributed by atoms with Gasteiger partial charge in [-0.15, -0.1) is 0 Å². The molecule has 40 heavy (non-hydrogen) atoms. The summed E-state index contributed by atoms with van der Waals surface area (Å²) in [5.41, 5.74) is -1.41. The van der Waals surface area contributed by atoms with Crippen molar-refractivity contribution < 1.29 is 40.6 Å². The van der Waals surface area contributed by atoms with Crippen LogP contribution in [-0.4, -0.2) is 53.8 Å². The molecule has 1 aliphatic carbocycles. The molecule has 0 bridgehead atoms. The highest BCUT2D eigenvalue weighted by atomic mass is 19.4. The second-order valence-electron chi connectivity index (χ2n) is 11.3. The third-order valence-corrected chi connectivity index (χ3v) is 7.24. The Hall–Kier alpha value is -2.79. The van der Waals surface area contributed by atoms with Gasteiger partial charge < -0.3 is 14.4 Å². The second kappa shape index (κ2) is 11.2. The molecule has 2 aromatic carbocycles. The monoisotopic (exact) mass is 572 g/mol. The van der Waals surface area contributed by atoms with Gasteiger partial charge in [-0.3, -0.25) is 4.90 Å². The van der Waals surface area contributed by atoms with Gasteiger partial charge in [0, 0.05) is 26.2 Å². The molecular formula is C29H34F6N2O3. The van der Waals surface area contributed by atoms with E-state index in [1.165, 1.54) is 6.92 Å². The van der Waals surface area contributed by atoms with Gasteiger partial charge in [-0.25, -0.2) is 4.79 Å². The molecule has 1 saturated heterocycles. The molecule has 0 N–H and O–H groups in total. The second-order valence-corrected chi connectivity index (χ2v) is 11.3. The molecule has 1 amide bonds. The normalized spacial score (nSPS) is 21.6. The van der Waals surface area contributed by atoms with Crippen molar-refractivity contribution in [3.8, 4) is 0 Å². The predicted octanol–water partition coefficient (Wildman–Crippen LogP) is 7.41. The Morgan fingerprint density at radius 2 is 1.48 bits per heavy atom. The molecule has 0 aromatic heterocycles. The van der Waals surface area contributed by atoms with Gasteiger partial charge in [0.15, 0.2) is 0 Å². The van der Waals surface area contributed by atoms with Gasteiger partial charge in [0.1, 0.15) is 5.60 Å². The van der Waals surface area contributed by atoms with Crippen molar-refractivity contribution in [2.45, 2.75) is 76.7 Å². The largest absolute Gasteiger partial charge is 0.444 e. The number of fused-ring (bicyclic) bond motifs is 1. The molecule has 1 fully saturated rings. The van der Waals surface area contributed by atoms with Gasteiger partial charge in [0.2, 0.25) is 0 Å². The maximum atomic E-state index is 13.5. The van der Waals surface area contributed by atoms with Crippen LogP contribution in [0.5, 0.6) is 0 Å². The average molecular weight is 573 g/mol. The zero-order valence-corrected chi connectivity index (χ0v) is 22.9. The minimum Gasteiger partial charge on any atom is -0.444 e. The zero-order valence-electron chi connectivity index (χ0n) is 22.9. The molecule has 2 aliphatic rings. The number of nitrogens with zero attached hydrogens (tertiary/aromatic N) is 2. The number of ether oxygens (including phenoxy) is 2. The fourth-order valence-electron chi connectivity index (χ4n) is 5.34. The summed E-state index contributed by atoms with van der Waals surface area (Å²) in [7, 11) is 0. The van der Waals surface area contributed by atoms with E-state index in [0.717, 1.165) is 23.3 Å². The first kappa shape index (κ1) is 30.2. The van der Waals surface area contributed by atoms with Crippen molar-refractivity contribution in [1.29, 1.82) is 0 Å². The minimum atomic E-state index is -4.93. The molecule has 0 saturated carbocycles. The van der Waals surface area contributed by atoms with E-state index < -0.39 is 47.4 Å². The summed E-state index contributed by atoms with van der Waals surface area (Å²) in [5.74, 6) is 0. The summed E-state index contributed by atoms with van der Waals surface area (Å²) in [5, 5.41) is 0. The molecule has 0 radical (unpaired) electrons. The number of benzene rings is 2. The van der Waals surface area contributed by atoms with Crippen LogP contribution in [-0.2, 0) is 28.2 Å². The highest BCUT2D eigenvalue weighted by Gasteiger charge is 2.40. The Bertz CT molecular complexity index is 1170. The number of aryl methyl sites for hydroxylation is 1. The maximum Gasteiger partial charge on any atom is 0.416 e. The SMILES string of the molecule is CC(O[C@@H]1CCc2ccccc2[C@H]1N1CCN(C(=O)OC(C)(C)C)CC1)c1cc(C(F)(F)F)cc(C(F)(F)F)c1. The zero-order chi connectivity index (χ0) is 29.5. The Labute approximate surface area is 230 Å². The van der Waals surface area contributed by atoms with Crippen molar-refractivity contribution in [3.63, 3.8) is 0 Å². The first-order valence-corrected chi connectivity index (χ1v) is 13.3. The third kappa shape index (κ3) is 7.09. The van der Waals surface area contributed by atoms with E-state index >= 15 is 0 Å². The van der Waals surface area contributed by atoms with Crippen molar-refractivity contribution in [1.82, 2.24) is 9.80 Å². The van der Waals surface area contributed by atoms with Crippen LogP contribution < -0.4 is 0 Å². The lowest BCUT2D eigenvalue weighted by Crippen LogP contribution is -2.53. The first-order valence-electron chi connectivity index (χ1n) is 13.3. The summed E-state index contributed by atoms with van der Waals surface area (Å²) >= 11 is 0.